The van der Waals surface area contributed by atoms with Crippen LogP contribution < -0.4 is 15.4 Å². The summed E-state index contributed by atoms with van der Waals surface area (Å²) in [6.07, 6.45) is 8.18. The van der Waals surface area contributed by atoms with Gasteiger partial charge in [-0.15, -0.1) is 0 Å². The highest BCUT2D eigenvalue weighted by atomic mass is 16.5. The second kappa shape index (κ2) is 9.72. The van der Waals surface area contributed by atoms with E-state index in [1.54, 1.807) is 6.07 Å². The predicted molar refractivity (Wildman–Crippen MR) is 115 cm³/mol. The molecular weight excluding hydrogens is 364 g/mol. The van der Waals surface area contributed by atoms with Crippen LogP contribution in [-0.2, 0) is 6.42 Å². The van der Waals surface area contributed by atoms with Gasteiger partial charge < -0.3 is 15.4 Å². The summed E-state index contributed by atoms with van der Waals surface area (Å²) in [5.41, 5.74) is 7.93. The van der Waals surface area contributed by atoms with E-state index in [1.807, 2.05) is 31.5 Å². The van der Waals surface area contributed by atoms with Crippen LogP contribution in [0.5, 0.6) is 5.75 Å². The number of hydrogen-bond donors (Lipinski definition) is 1. The SMILES string of the molecule is CCc1cnc(N2CCC(C(C)CCOc3ccc(C(N)=O)c(C)c3)CC2)nc1. The number of carbonyl (C=O) groups excluding carboxylic acids is 1. The third-order valence-electron chi connectivity index (χ3n) is 6.03. The molecule has 1 amide bonds. The van der Waals surface area contributed by atoms with Gasteiger partial charge in [0.15, 0.2) is 0 Å². The Bertz CT molecular complexity index is 814. The molecule has 156 valence electrons. The van der Waals surface area contributed by atoms with Crippen molar-refractivity contribution in [2.45, 2.75) is 46.5 Å². The topological polar surface area (TPSA) is 81.3 Å². The molecule has 1 atom stereocenters. The number of primary amides is 1. The van der Waals surface area contributed by atoms with Gasteiger partial charge in [-0.2, -0.15) is 0 Å². The number of aromatic nitrogens is 2. The van der Waals surface area contributed by atoms with Crippen LogP contribution in [0.4, 0.5) is 5.95 Å². The van der Waals surface area contributed by atoms with Gasteiger partial charge in [0, 0.05) is 31.0 Å². The molecule has 6 nitrogen and oxygen atoms in total. The van der Waals surface area contributed by atoms with Gasteiger partial charge in [-0.25, -0.2) is 9.97 Å². The van der Waals surface area contributed by atoms with E-state index in [-0.39, 0.29) is 0 Å². The molecule has 2 aromatic rings. The van der Waals surface area contributed by atoms with Gasteiger partial charge in [0.25, 0.3) is 0 Å². The van der Waals surface area contributed by atoms with E-state index < -0.39 is 5.91 Å². The third-order valence-corrected chi connectivity index (χ3v) is 6.03. The van der Waals surface area contributed by atoms with Gasteiger partial charge in [0.2, 0.25) is 11.9 Å². The van der Waals surface area contributed by atoms with Gasteiger partial charge in [-0.05, 0) is 73.8 Å². The molecule has 2 N–H and O–H groups in total. The largest absolute Gasteiger partial charge is 0.494 e. The molecular formula is C23H32N4O2. The summed E-state index contributed by atoms with van der Waals surface area (Å²) < 4.78 is 5.91. The lowest BCUT2D eigenvalue weighted by Gasteiger charge is -2.35. The van der Waals surface area contributed by atoms with Gasteiger partial charge in [-0.3, -0.25) is 4.79 Å². The summed E-state index contributed by atoms with van der Waals surface area (Å²) in [5, 5.41) is 0. The molecule has 1 aliphatic heterocycles. The summed E-state index contributed by atoms with van der Waals surface area (Å²) in [4.78, 5) is 22.7. The van der Waals surface area contributed by atoms with Crippen LogP contribution in [0.25, 0.3) is 0 Å². The van der Waals surface area contributed by atoms with Crippen LogP contribution in [0.3, 0.4) is 0 Å². The maximum Gasteiger partial charge on any atom is 0.248 e. The molecule has 1 aromatic carbocycles. The zero-order valence-electron chi connectivity index (χ0n) is 17.7. The Labute approximate surface area is 173 Å². The van der Waals surface area contributed by atoms with Crippen molar-refractivity contribution in [3.8, 4) is 5.75 Å². The quantitative estimate of drug-likeness (QED) is 0.735. The average molecular weight is 397 g/mol. The number of nitrogens with two attached hydrogens (primary N) is 1. The molecule has 0 saturated carbocycles. The van der Waals surface area contributed by atoms with Crippen LogP contribution in [0, 0.1) is 18.8 Å². The summed E-state index contributed by atoms with van der Waals surface area (Å²) in [6, 6.07) is 5.44. The van der Waals surface area contributed by atoms with E-state index in [9.17, 15) is 4.79 Å². The number of piperidine rings is 1. The Morgan fingerprint density at radius 3 is 2.55 bits per heavy atom. The molecule has 0 bridgehead atoms. The average Bonchev–Trinajstić information content (AvgIpc) is 2.73. The highest BCUT2D eigenvalue weighted by Gasteiger charge is 2.25. The minimum absolute atomic E-state index is 0.402. The van der Waals surface area contributed by atoms with E-state index >= 15 is 0 Å². The monoisotopic (exact) mass is 396 g/mol. The zero-order valence-corrected chi connectivity index (χ0v) is 17.7. The highest BCUT2D eigenvalue weighted by molar-refractivity contribution is 5.94. The Hall–Kier alpha value is -2.63. The lowest BCUT2D eigenvalue weighted by molar-refractivity contribution is 0.0999. The molecule has 3 rings (SSSR count). The molecule has 6 heteroatoms. The van der Waals surface area contributed by atoms with Crippen molar-refractivity contribution in [2.24, 2.45) is 17.6 Å². The number of rotatable bonds is 8. The van der Waals surface area contributed by atoms with Crippen LogP contribution in [0.15, 0.2) is 30.6 Å². The zero-order chi connectivity index (χ0) is 20.8. The summed E-state index contributed by atoms with van der Waals surface area (Å²) >= 11 is 0. The second-order valence-electron chi connectivity index (χ2n) is 8.02. The van der Waals surface area contributed by atoms with Gasteiger partial charge in [0.05, 0.1) is 6.61 Å². The minimum Gasteiger partial charge on any atom is -0.494 e. The van der Waals surface area contributed by atoms with Crippen molar-refractivity contribution in [1.82, 2.24) is 9.97 Å². The van der Waals surface area contributed by atoms with Crippen LogP contribution >= 0.6 is 0 Å². The molecule has 1 saturated heterocycles. The first-order valence-corrected chi connectivity index (χ1v) is 10.6. The van der Waals surface area contributed by atoms with Crippen molar-refractivity contribution in [1.29, 1.82) is 0 Å². The molecule has 0 radical (unpaired) electrons. The highest BCUT2D eigenvalue weighted by Crippen LogP contribution is 2.29. The molecule has 1 aliphatic rings. The molecule has 0 aliphatic carbocycles. The maximum absolute atomic E-state index is 11.3. The molecule has 29 heavy (non-hydrogen) atoms. The van der Waals surface area contributed by atoms with E-state index in [0.717, 1.165) is 56.0 Å². The van der Waals surface area contributed by atoms with E-state index in [2.05, 4.69) is 28.7 Å². The van der Waals surface area contributed by atoms with Gasteiger partial charge in [-0.1, -0.05) is 13.8 Å². The summed E-state index contributed by atoms with van der Waals surface area (Å²) in [7, 11) is 0. The first-order valence-electron chi connectivity index (χ1n) is 10.6. The molecule has 1 aromatic heterocycles. The lowest BCUT2D eigenvalue weighted by atomic mass is 9.84. The number of benzene rings is 1. The number of amides is 1. The van der Waals surface area contributed by atoms with Crippen molar-refractivity contribution in [3.63, 3.8) is 0 Å². The Morgan fingerprint density at radius 1 is 1.28 bits per heavy atom. The normalized spacial score (nSPS) is 15.9. The van der Waals surface area contributed by atoms with Gasteiger partial charge >= 0.3 is 0 Å². The fourth-order valence-corrected chi connectivity index (χ4v) is 3.96. The molecule has 0 spiro atoms. The Morgan fingerprint density at radius 2 is 1.97 bits per heavy atom. The third kappa shape index (κ3) is 5.46. The summed E-state index contributed by atoms with van der Waals surface area (Å²) in [5.74, 6) is 2.55. The number of hydrogen-bond acceptors (Lipinski definition) is 5. The van der Waals surface area contributed by atoms with Gasteiger partial charge in [0.1, 0.15) is 5.75 Å². The van der Waals surface area contributed by atoms with Crippen molar-refractivity contribution >= 4 is 11.9 Å². The fourth-order valence-electron chi connectivity index (χ4n) is 3.96. The van der Waals surface area contributed by atoms with E-state index in [1.165, 1.54) is 5.56 Å². The van der Waals surface area contributed by atoms with E-state index in [0.29, 0.717) is 24.0 Å². The Kier molecular flexibility index (Phi) is 7.07. The maximum atomic E-state index is 11.3. The first kappa shape index (κ1) is 21.1. The fraction of sp³-hybridized carbons (Fsp3) is 0.522. The van der Waals surface area contributed by atoms with Crippen molar-refractivity contribution in [3.05, 3.63) is 47.3 Å². The minimum atomic E-state index is -0.402. The predicted octanol–water partition coefficient (Wildman–Crippen LogP) is 3.77. The van der Waals surface area contributed by atoms with Crippen LogP contribution in [0.2, 0.25) is 0 Å². The second-order valence-corrected chi connectivity index (χ2v) is 8.02. The van der Waals surface area contributed by atoms with Crippen molar-refractivity contribution in [2.75, 3.05) is 24.6 Å². The lowest BCUT2D eigenvalue weighted by Crippen LogP contribution is -2.37. The number of carbonyl (C=O) groups is 1. The molecule has 1 unspecified atom stereocenters. The number of ether oxygens (including phenoxy) is 1. The molecule has 1 fully saturated rings. The summed E-state index contributed by atoms with van der Waals surface area (Å²) in [6.45, 7) is 9.01. The Balaban J connectivity index is 1.43. The molecule has 2 heterocycles. The number of aryl methyl sites for hydroxylation is 2. The van der Waals surface area contributed by atoms with E-state index in [4.69, 9.17) is 10.5 Å². The van der Waals surface area contributed by atoms with Crippen molar-refractivity contribution < 1.29 is 9.53 Å². The number of anilines is 1. The van der Waals surface area contributed by atoms with Crippen LogP contribution in [0.1, 0.15) is 54.6 Å². The van der Waals surface area contributed by atoms with Crippen LogP contribution in [-0.4, -0.2) is 35.6 Å². The standard InChI is InChI=1S/C23H32N4O2/c1-4-18-14-25-23(26-15-18)27-10-7-19(8-11-27)16(2)9-12-29-20-5-6-21(22(24)28)17(3)13-20/h5-6,13-16,19H,4,7-12H2,1-3H3,(H2,24,28). The smallest absolute Gasteiger partial charge is 0.248 e. The number of nitrogens with zero attached hydrogens (tertiary/aromatic N) is 3. The first-order chi connectivity index (χ1) is 14.0.